The van der Waals surface area contributed by atoms with Crippen molar-refractivity contribution in [1.29, 1.82) is 0 Å². The lowest BCUT2D eigenvalue weighted by atomic mass is 10.5. The molecule has 9 heavy (non-hydrogen) atoms. The lowest BCUT2D eigenvalue weighted by Crippen LogP contribution is -2.04. The Morgan fingerprint density at radius 3 is 2.44 bits per heavy atom. The first kappa shape index (κ1) is 8.54. The summed E-state index contributed by atoms with van der Waals surface area (Å²) in [5.41, 5.74) is 0. The van der Waals surface area contributed by atoms with E-state index in [1.165, 1.54) is 6.29 Å². The Hall–Kier alpha value is -0.460. The van der Waals surface area contributed by atoms with Gasteiger partial charge in [0.05, 0.1) is 6.61 Å². The van der Waals surface area contributed by atoms with Crippen molar-refractivity contribution in [3.63, 3.8) is 0 Å². The molecule has 0 aliphatic rings. The maximum absolute atomic E-state index is 9.71. The van der Waals surface area contributed by atoms with Gasteiger partial charge in [-0.25, -0.2) is 4.18 Å². The van der Waals surface area contributed by atoms with Gasteiger partial charge in [-0.1, -0.05) is 0 Å². The molecule has 0 fully saturated rings. The van der Waals surface area contributed by atoms with Gasteiger partial charge in [-0.3, -0.25) is 9.35 Å². The van der Waals surface area contributed by atoms with E-state index in [0.29, 0.717) is 0 Å². The van der Waals surface area contributed by atoms with Crippen LogP contribution in [-0.2, 0) is 19.4 Å². The second-order valence-electron chi connectivity index (χ2n) is 1.14. The summed E-state index contributed by atoms with van der Waals surface area (Å²) in [6, 6.07) is 0. The highest BCUT2D eigenvalue weighted by Crippen LogP contribution is 1.85. The molecule has 0 saturated carbocycles. The standard InChI is InChI=1S/C3H5O5S/c4-2-1-3-8-9(5,6)7/h1,3H2,(H,5,6,7). The Kier molecular flexibility index (Phi) is 3.36. The van der Waals surface area contributed by atoms with Crippen LogP contribution in [-0.4, -0.2) is 25.9 Å². The number of carbonyl (C=O) groups excluding carboxylic acids is 1. The fraction of sp³-hybridized carbons (Fsp3) is 0.667. The second-order valence-corrected chi connectivity index (χ2v) is 2.24. The molecule has 0 aromatic heterocycles. The van der Waals surface area contributed by atoms with Crippen LogP contribution in [0, 0.1) is 0 Å². The predicted molar refractivity (Wildman–Crippen MR) is 27.8 cm³/mol. The van der Waals surface area contributed by atoms with E-state index in [2.05, 4.69) is 4.18 Å². The van der Waals surface area contributed by atoms with Gasteiger partial charge in [0.15, 0.2) is 0 Å². The molecule has 0 aromatic rings. The summed E-state index contributed by atoms with van der Waals surface area (Å²) in [7, 11) is -4.38. The van der Waals surface area contributed by atoms with Crippen LogP contribution in [0.2, 0.25) is 0 Å². The molecule has 1 radical (unpaired) electrons. The molecule has 0 rings (SSSR count). The van der Waals surface area contributed by atoms with E-state index in [1.54, 1.807) is 0 Å². The van der Waals surface area contributed by atoms with E-state index >= 15 is 0 Å². The second kappa shape index (κ2) is 3.54. The molecule has 0 unspecified atom stereocenters. The summed E-state index contributed by atoms with van der Waals surface area (Å²) in [6.45, 7) is -0.359. The van der Waals surface area contributed by atoms with Crippen LogP contribution < -0.4 is 0 Å². The summed E-state index contributed by atoms with van der Waals surface area (Å²) in [5, 5.41) is 0. The third kappa shape index (κ3) is 7.54. The largest absolute Gasteiger partial charge is 0.397 e. The maximum atomic E-state index is 9.71. The average molecular weight is 153 g/mol. The molecule has 53 valence electrons. The molecular weight excluding hydrogens is 148 g/mol. The van der Waals surface area contributed by atoms with Gasteiger partial charge in [-0.2, -0.15) is 8.42 Å². The molecule has 1 N–H and O–H groups in total. The summed E-state index contributed by atoms with van der Waals surface area (Å²) in [5.74, 6) is 0. The molecule has 0 saturated heterocycles. The third-order valence-corrected chi connectivity index (χ3v) is 0.901. The minimum atomic E-state index is -4.38. The van der Waals surface area contributed by atoms with Crippen molar-refractivity contribution < 1.29 is 21.9 Å². The van der Waals surface area contributed by atoms with Crippen LogP contribution in [0.25, 0.3) is 0 Å². The molecule has 0 bridgehead atoms. The Morgan fingerprint density at radius 1 is 1.56 bits per heavy atom. The van der Waals surface area contributed by atoms with Crippen molar-refractivity contribution in [1.82, 2.24) is 0 Å². The van der Waals surface area contributed by atoms with E-state index in [9.17, 15) is 13.2 Å². The highest BCUT2D eigenvalue weighted by Gasteiger charge is 2.01. The van der Waals surface area contributed by atoms with Gasteiger partial charge in [-0.15, -0.1) is 0 Å². The van der Waals surface area contributed by atoms with Crippen molar-refractivity contribution in [3.05, 3.63) is 0 Å². The van der Waals surface area contributed by atoms with Crippen LogP contribution in [0.3, 0.4) is 0 Å². The minimum absolute atomic E-state index is 0.167. The highest BCUT2D eigenvalue weighted by atomic mass is 32.3. The molecule has 0 atom stereocenters. The summed E-state index contributed by atoms with van der Waals surface area (Å²) < 4.78 is 31.0. The number of hydrogen-bond donors (Lipinski definition) is 1. The minimum Gasteiger partial charge on any atom is -0.291 e. The number of rotatable bonds is 4. The van der Waals surface area contributed by atoms with Gasteiger partial charge in [0, 0.05) is 6.42 Å². The first-order valence-electron chi connectivity index (χ1n) is 2.03. The van der Waals surface area contributed by atoms with Gasteiger partial charge in [0.25, 0.3) is 0 Å². The Labute approximate surface area is 52.6 Å². The lowest BCUT2D eigenvalue weighted by Gasteiger charge is -1.91. The molecule has 5 nitrogen and oxygen atoms in total. The van der Waals surface area contributed by atoms with Crippen molar-refractivity contribution in [2.24, 2.45) is 0 Å². The van der Waals surface area contributed by atoms with E-state index in [0.717, 1.165) is 0 Å². The van der Waals surface area contributed by atoms with Gasteiger partial charge in [0.1, 0.15) is 0 Å². The maximum Gasteiger partial charge on any atom is 0.397 e. The topological polar surface area (TPSA) is 80.7 Å². The van der Waals surface area contributed by atoms with Crippen LogP contribution in [0.5, 0.6) is 0 Å². The first-order valence-corrected chi connectivity index (χ1v) is 3.39. The molecule has 0 aliphatic carbocycles. The average Bonchev–Trinajstić information content (AvgIpc) is 1.63. The Balaban J connectivity index is 3.40. The Bertz CT molecular complexity index is 169. The van der Waals surface area contributed by atoms with Crippen LogP contribution in [0.15, 0.2) is 0 Å². The summed E-state index contributed by atoms with van der Waals surface area (Å²) in [4.78, 5) is 9.41. The van der Waals surface area contributed by atoms with Crippen molar-refractivity contribution >= 4 is 16.7 Å². The number of hydrogen-bond acceptors (Lipinski definition) is 4. The quantitative estimate of drug-likeness (QED) is 0.427. The normalized spacial score (nSPS) is 11.2. The lowest BCUT2D eigenvalue weighted by molar-refractivity contribution is 0.275. The SMILES string of the molecule is O=[C]CCOS(=O)(=O)O. The van der Waals surface area contributed by atoms with Gasteiger partial charge < -0.3 is 0 Å². The highest BCUT2D eigenvalue weighted by molar-refractivity contribution is 7.80. The Morgan fingerprint density at radius 2 is 2.11 bits per heavy atom. The van der Waals surface area contributed by atoms with Crippen molar-refractivity contribution in [3.8, 4) is 0 Å². The molecule has 6 heteroatoms. The molecule has 0 amide bonds. The van der Waals surface area contributed by atoms with E-state index < -0.39 is 10.4 Å². The molecule has 0 spiro atoms. The zero-order valence-corrected chi connectivity index (χ0v) is 5.22. The van der Waals surface area contributed by atoms with E-state index in [1.807, 2.05) is 0 Å². The van der Waals surface area contributed by atoms with E-state index in [4.69, 9.17) is 4.55 Å². The third-order valence-electron chi connectivity index (χ3n) is 0.436. The first-order chi connectivity index (χ1) is 4.06. The molecule has 0 heterocycles. The predicted octanol–water partition coefficient (Wildman–Crippen LogP) is -0.694. The van der Waals surface area contributed by atoms with Gasteiger partial charge in [-0.05, 0) is 0 Å². The zero-order chi connectivity index (χ0) is 7.33. The van der Waals surface area contributed by atoms with Crippen LogP contribution >= 0.6 is 0 Å². The van der Waals surface area contributed by atoms with E-state index in [-0.39, 0.29) is 13.0 Å². The molecule has 0 aliphatic heterocycles. The van der Waals surface area contributed by atoms with Crippen LogP contribution in [0.4, 0.5) is 0 Å². The summed E-state index contributed by atoms with van der Waals surface area (Å²) in [6.07, 6.45) is 1.22. The zero-order valence-electron chi connectivity index (χ0n) is 4.40. The van der Waals surface area contributed by atoms with Gasteiger partial charge >= 0.3 is 10.4 Å². The van der Waals surface area contributed by atoms with Gasteiger partial charge in [0.2, 0.25) is 6.29 Å². The van der Waals surface area contributed by atoms with Crippen LogP contribution in [0.1, 0.15) is 6.42 Å². The monoisotopic (exact) mass is 153 g/mol. The fourth-order valence-electron chi connectivity index (χ4n) is 0.189. The molecule has 0 aromatic carbocycles. The fourth-order valence-corrected chi connectivity index (χ4v) is 0.483. The smallest absolute Gasteiger partial charge is 0.291 e. The van der Waals surface area contributed by atoms with Crippen molar-refractivity contribution in [2.45, 2.75) is 6.42 Å². The van der Waals surface area contributed by atoms with Crippen molar-refractivity contribution in [2.75, 3.05) is 6.61 Å². The molecular formula is C3H5O5S. The summed E-state index contributed by atoms with van der Waals surface area (Å²) >= 11 is 0.